The molecule has 3 amide bonds. The van der Waals surface area contributed by atoms with Gasteiger partial charge in [0.05, 0.1) is 21.3 Å². The summed E-state index contributed by atoms with van der Waals surface area (Å²) in [5, 5.41) is 8.06. The van der Waals surface area contributed by atoms with Crippen LogP contribution in [0.3, 0.4) is 0 Å². The van der Waals surface area contributed by atoms with Gasteiger partial charge in [0.25, 0.3) is 11.8 Å². The number of thioether (sulfide) groups is 1. The molecular formula is C39H35N3O6S. The Balaban J connectivity index is 1.34. The van der Waals surface area contributed by atoms with Crippen molar-refractivity contribution in [3.05, 3.63) is 150 Å². The summed E-state index contributed by atoms with van der Waals surface area (Å²) in [4.78, 5) is 41.0. The summed E-state index contributed by atoms with van der Waals surface area (Å²) < 4.78 is 16.0. The molecule has 0 saturated heterocycles. The van der Waals surface area contributed by atoms with Gasteiger partial charge in [-0.25, -0.2) is 0 Å². The lowest BCUT2D eigenvalue weighted by Crippen LogP contribution is -2.30. The monoisotopic (exact) mass is 673 g/mol. The second-order valence-electron chi connectivity index (χ2n) is 10.6. The summed E-state index contributed by atoms with van der Waals surface area (Å²) in [7, 11) is 4.65. The summed E-state index contributed by atoms with van der Waals surface area (Å²) >= 11 is 1.39. The largest absolute Gasteiger partial charge is 0.497 e. The van der Waals surface area contributed by atoms with E-state index in [1.54, 1.807) is 98.1 Å². The molecule has 5 aromatic carbocycles. The van der Waals surface area contributed by atoms with Crippen molar-refractivity contribution in [1.82, 2.24) is 5.32 Å². The second kappa shape index (κ2) is 16.7. The van der Waals surface area contributed by atoms with Gasteiger partial charge in [-0.15, -0.1) is 11.8 Å². The molecule has 5 aromatic rings. The van der Waals surface area contributed by atoms with Crippen LogP contribution >= 0.6 is 11.8 Å². The molecule has 5 rings (SSSR count). The number of hydrogen-bond acceptors (Lipinski definition) is 7. The highest BCUT2D eigenvalue weighted by Gasteiger charge is 2.23. The highest BCUT2D eigenvalue weighted by Crippen LogP contribution is 2.37. The van der Waals surface area contributed by atoms with Gasteiger partial charge in [0, 0.05) is 21.8 Å². The van der Waals surface area contributed by atoms with E-state index in [2.05, 4.69) is 16.0 Å². The van der Waals surface area contributed by atoms with Crippen LogP contribution in [0.1, 0.15) is 26.7 Å². The van der Waals surface area contributed by atoms with Gasteiger partial charge in [-0.2, -0.15) is 0 Å². The molecule has 10 heteroatoms. The SMILES string of the molecule is COc1ccc(NC(=O)C(Sc2ccc(NC(=O)/C(=C/c3ccc(OC)c(OC)c3)NC(=O)c3ccccc3)cc2)c2ccccc2)cc1. The van der Waals surface area contributed by atoms with E-state index in [0.29, 0.717) is 39.8 Å². The van der Waals surface area contributed by atoms with Crippen molar-refractivity contribution >= 4 is 46.9 Å². The van der Waals surface area contributed by atoms with Crippen LogP contribution in [0.2, 0.25) is 0 Å². The third kappa shape index (κ3) is 9.30. The van der Waals surface area contributed by atoms with Crippen molar-refractivity contribution in [3.8, 4) is 17.2 Å². The van der Waals surface area contributed by atoms with Crippen LogP contribution in [-0.4, -0.2) is 39.1 Å². The number of hydrogen-bond donors (Lipinski definition) is 3. The fourth-order valence-corrected chi connectivity index (χ4v) is 5.81. The van der Waals surface area contributed by atoms with Crippen molar-refractivity contribution in [2.24, 2.45) is 0 Å². The molecule has 49 heavy (non-hydrogen) atoms. The van der Waals surface area contributed by atoms with Crippen molar-refractivity contribution in [3.63, 3.8) is 0 Å². The highest BCUT2D eigenvalue weighted by atomic mass is 32.2. The van der Waals surface area contributed by atoms with E-state index < -0.39 is 17.1 Å². The van der Waals surface area contributed by atoms with Crippen LogP contribution < -0.4 is 30.2 Å². The quantitative estimate of drug-likeness (QED) is 0.0872. The Morgan fingerprint density at radius 1 is 0.653 bits per heavy atom. The number of amides is 3. The Morgan fingerprint density at radius 3 is 1.90 bits per heavy atom. The maximum Gasteiger partial charge on any atom is 0.272 e. The second-order valence-corrected chi connectivity index (χ2v) is 11.8. The Labute approximate surface area is 289 Å². The van der Waals surface area contributed by atoms with E-state index in [0.717, 1.165) is 10.5 Å². The van der Waals surface area contributed by atoms with Gasteiger partial charge >= 0.3 is 0 Å². The molecule has 0 heterocycles. The van der Waals surface area contributed by atoms with Crippen LogP contribution in [0.15, 0.2) is 138 Å². The Bertz CT molecular complexity index is 1920. The molecule has 0 bridgehead atoms. The van der Waals surface area contributed by atoms with Gasteiger partial charge < -0.3 is 30.2 Å². The van der Waals surface area contributed by atoms with Crippen LogP contribution in [0, 0.1) is 0 Å². The van der Waals surface area contributed by atoms with Gasteiger partial charge in [0.15, 0.2) is 11.5 Å². The lowest BCUT2D eigenvalue weighted by Gasteiger charge is -2.18. The first kappa shape index (κ1) is 34.3. The van der Waals surface area contributed by atoms with Crippen LogP contribution in [0.25, 0.3) is 6.08 Å². The van der Waals surface area contributed by atoms with Crippen LogP contribution in [-0.2, 0) is 9.59 Å². The zero-order chi connectivity index (χ0) is 34.6. The third-order valence-corrected chi connectivity index (χ3v) is 8.58. The molecule has 0 saturated carbocycles. The average Bonchev–Trinajstić information content (AvgIpc) is 3.15. The first-order valence-corrected chi connectivity index (χ1v) is 16.1. The summed E-state index contributed by atoms with van der Waals surface area (Å²) in [5.41, 5.74) is 3.04. The number of methoxy groups -OCH3 is 3. The normalized spacial score (nSPS) is 11.5. The topological polar surface area (TPSA) is 115 Å². The Hall–Kier alpha value is -6.00. The van der Waals surface area contributed by atoms with Crippen molar-refractivity contribution in [2.45, 2.75) is 10.1 Å². The molecule has 3 N–H and O–H groups in total. The minimum Gasteiger partial charge on any atom is -0.497 e. The first-order chi connectivity index (χ1) is 23.9. The predicted octanol–water partition coefficient (Wildman–Crippen LogP) is 7.59. The Morgan fingerprint density at radius 2 is 1.27 bits per heavy atom. The molecule has 0 aliphatic rings. The molecule has 0 aliphatic heterocycles. The minimum absolute atomic E-state index is 0.0267. The number of rotatable bonds is 13. The molecule has 9 nitrogen and oxygen atoms in total. The van der Waals surface area contributed by atoms with Crippen LogP contribution in [0.4, 0.5) is 11.4 Å². The lowest BCUT2D eigenvalue weighted by atomic mass is 10.1. The van der Waals surface area contributed by atoms with Crippen molar-refractivity contribution in [1.29, 1.82) is 0 Å². The van der Waals surface area contributed by atoms with Gasteiger partial charge in [0.2, 0.25) is 5.91 Å². The maximum atomic E-state index is 13.6. The molecule has 248 valence electrons. The third-order valence-electron chi connectivity index (χ3n) is 7.31. The van der Waals surface area contributed by atoms with E-state index in [1.807, 2.05) is 42.5 Å². The standard InChI is InChI=1S/C39H35N3O6S/c1-46-31-19-15-29(16-20-31)41-39(45)36(27-10-6-4-7-11-27)49-32-21-17-30(18-22-32)40-38(44)33(42-37(43)28-12-8-5-9-13-28)24-26-14-23-34(47-2)35(25-26)48-3/h4-25,36H,1-3H3,(H,40,44)(H,41,45)(H,42,43)/b33-24-. The fourth-order valence-electron chi connectivity index (χ4n) is 4.79. The predicted molar refractivity (Wildman–Crippen MR) is 193 cm³/mol. The molecule has 0 spiro atoms. The van der Waals surface area contributed by atoms with Gasteiger partial charge in [-0.3, -0.25) is 14.4 Å². The van der Waals surface area contributed by atoms with E-state index in [-0.39, 0.29) is 11.6 Å². The van der Waals surface area contributed by atoms with Crippen molar-refractivity contribution in [2.75, 3.05) is 32.0 Å². The zero-order valence-electron chi connectivity index (χ0n) is 27.1. The lowest BCUT2D eigenvalue weighted by molar-refractivity contribution is -0.116. The smallest absolute Gasteiger partial charge is 0.272 e. The fraction of sp³-hybridized carbons (Fsp3) is 0.103. The summed E-state index contributed by atoms with van der Waals surface area (Å²) in [6.45, 7) is 0. The van der Waals surface area contributed by atoms with E-state index in [9.17, 15) is 14.4 Å². The maximum absolute atomic E-state index is 13.6. The molecule has 1 unspecified atom stereocenters. The van der Waals surface area contributed by atoms with E-state index >= 15 is 0 Å². The minimum atomic E-state index is -0.548. The van der Waals surface area contributed by atoms with Crippen LogP contribution in [0.5, 0.6) is 17.2 Å². The van der Waals surface area contributed by atoms with E-state index in [4.69, 9.17) is 14.2 Å². The summed E-state index contributed by atoms with van der Waals surface area (Å²) in [6.07, 6.45) is 1.56. The number of carbonyl (C=O) groups is 3. The van der Waals surface area contributed by atoms with Crippen molar-refractivity contribution < 1.29 is 28.6 Å². The molecule has 0 fully saturated rings. The average molecular weight is 674 g/mol. The Kier molecular flexibility index (Phi) is 11.7. The number of carbonyl (C=O) groups excluding carboxylic acids is 3. The number of anilines is 2. The highest BCUT2D eigenvalue weighted by molar-refractivity contribution is 8.00. The summed E-state index contributed by atoms with van der Waals surface area (Å²) in [5.74, 6) is 0.559. The molecule has 0 aliphatic carbocycles. The van der Waals surface area contributed by atoms with Gasteiger partial charge in [-0.1, -0.05) is 54.6 Å². The molecule has 0 radical (unpaired) electrons. The van der Waals surface area contributed by atoms with E-state index in [1.165, 1.54) is 26.0 Å². The summed E-state index contributed by atoms with van der Waals surface area (Å²) in [6, 6.07) is 37.6. The molecule has 1 atom stereocenters. The van der Waals surface area contributed by atoms with Gasteiger partial charge in [0.1, 0.15) is 16.7 Å². The molecular weight excluding hydrogens is 639 g/mol. The zero-order valence-corrected chi connectivity index (χ0v) is 28.0. The number of nitrogens with one attached hydrogen (secondary N) is 3. The number of ether oxygens (including phenoxy) is 3. The molecule has 0 aromatic heterocycles. The number of benzene rings is 5. The first-order valence-electron chi connectivity index (χ1n) is 15.2. The van der Waals surface area contributed by atoms with Gasteiger partial charge in [-0.05, 0) is 90.0 Å².